The Morgan fingerprint density at radius 3 is 2.42 bits per heavy atom. The van der Waals surface area contributed by atoms with Crippen LogP contribution in [0.25, 0.3) is 0 Å². The second-order valence-electron chi connectivity index (χ2n) is 6.81. The van der Waals surface area contributed by atoms with Gasteiger partial charge >= 0.3 is 5.97 Å². The van der Waals surface area contributed by atoms with Crippen molar-refractivity contribution >= 4 is 23.5 Å². The summed E-state index contributed by atoms with van der Waals surface area (Å²) in [4.78, 5) is 36.0. The molecular weight excluding hydrogens is 399 g/mol. The van der Waals surface area contributed by atoms with E-state index in [0.717, 1.165) is 5.56 Å². The molecule has 3 aromatic carbocycles. The fourth-order valence-electron chi connectivity index (χ4n) is 2.90. The molecule has 0 aliphatic rings. The van der Waals surface area contributed by atoms with Crippen LogP contribution in [0.4, 0.5) is 10.1 Å². The molecule has 3 aromatic rings. The van der Waals surface area contributed by atoms with Crippen LogP contribution in [0.15, 0.2) is 72.8 Å². The predicted molar refractivity (Wildman–Crippen MR) is 114 cm³/mol. The zero-order valence-electron chi connectivity index (χ0n) is 16.9. The molecule has 0 saturated carbocycles. The van der Waals surface area contributed by atoms with Crippen molar-refractivity contribution in [3.63, 3.8) is 0 Å². The minimum Gasteiger partial charge on any atom is -0.427 e. The van der Waals surface area contributed by atoms with Crippen LogP contribution in [0.5, 0.6) is 5.75 Å². The number of halogens is 1. The first-order chi connectivity index (χ1) is 14.9. The average molecular weight is 420 g/mol. The monoisotopic (exact) mass is 420 g/mol. The van der Waals surface area contributed by atoms with Gasteiger partial charge in [0.1, 0.15) is 11.6 Å². The highest BCUT2D eigenvalue weighted by atomic mass is 19.1. The molecule has 0 aliphatic carbocycles. The van der Waals surface area contributed by atoms with Crippen molar-refractivity contribution in [1.29, 1.82) is 0 Å². The molecule has 0 aromatic heterocycles. The van der Waals surface area contributed by atoms with E-state index in [2.05, 4.69) is 10.6 Å². The van der Waals surface area contributed by atoms with Crippen molar-refractivity contribution < 1.29 is 23.5 Å². The number of esters is 1. The Labute approximate surface area is 179 Å². The molecule has 6 nitrogen and oxygen atoms in total. The summed E-state index contributed by atoms with van der Waals surface area (Å²) < 4.78 is 18.0. The van der Waals surface area contributed by atoms with E-state index in [1.807, 2.05) is 0 Å². The zero-order chi connectivity index (χ0) is 22.2. The van der Waals surface area contributed by atoms with E-state index in [9.17, 15) is 18.8 Å². The first kappa shape index (κ1) is 21.7. The van der Waals surface area contributed by atoms with E-state index in [0.29, 0.717) is 16.8 Å². The van der Waals surface area contributed by atoms with Crippen molar-refractivity contribution in [3.05, 3.63) is 95.3 Å². The van der Waals surface area contributed by atoms with Gasteiger partial charge in [-0.25, -0.2) is 4.39 Å². The molecule has 0 aliphatic heterocycles. The van der Waals surface area contributed by atoms with Gasteiger partial charge in [0, 0.05) is 24.7 Å². The molecule has 0 atom stereocenters. The molecule has 0 saturated heterocycles. The summed E-state index contributed by atoms with van der Waals surface area (Å²) in [6.45, 7) is 1.50. The Morgan fingerprint density at radius 2 is 1.68 bits per heavy atom. The van der Waals surface area contributed by atoms with Gasteiger partial charge in [-0.05, 0) is 47.5 Å². The molecule has 7 heteroatoms. The standard InChI is InChI=1S/C24H21FN2O4/c1-16(28)31-21-7-4-6-18(14-21)24(30)27-22-8-3-2-5-19(22)15-26-23(29)13-17-9-11-20(25)12-10-17/h2-12,14H,13,15H2,1H3,(H,26,29)(H,27,30). The second kappa shape index (κ2) is 10.2. The Bertz CT molecular complexity index is 1100. The van der Waals surface area contributed by atoms with Gasteiger partial charge in [0.25, 0.3) is 5.91 Å². The summed E-state index contributed by atoms with van der Waals surface area (Å²) in [7, 11) is 0. The molecule has 2 N–H and O–H groups in total. The highest BCUT2D eigenvalue weighted by Gasteiger charge is 2.12. The summed E-state index contributed by atoms with van der Waals surface area (Å²) >= 11 is 0. The molecule has 0 radical (unpaired) electrons. The number of rotatable bonds is 7. The fourth-order valence-corrected chi connectivity index (χ4v) is 2.90. The van der Waals surface area contributed by atoms with Gasteiger partial charge in [-0.1, -0.05) is 36.4 Å². The van der Waals surface area contributed by atoms with Gasteiger partial charge in [0.15, 0.2) is 0 Å². The highest BCUT2D eigenvalue weighted by molar-refractivity contribution is 6.05. The van der Waals surface area contributed by atoms with Crippen LogP contribution in [0.3, 0.4) is 0 Å². The van der Waals surface area contributed by atoms with Gasteiger partial charge in [-0.15, -0.1) is 0 Å². The maximum atomic E-state index is 13.0. The number of hydrogen-bond acceptors (Lipinski definition) is 4. The van der Waals surface area contributed by atoms with Crippen LogP contribution >= 0.6 is 0 Å². The lowest BCUT2D eigenvalue weighted by Gasteiger charge is -2.12. The summed E-state index contributed by atoms with van der Waals surface area (Å²) in [5.74, 6) is -1.14. The SMILES string of the molecule is CC(=O)Oc1cccc(C(=O)Nc2ccccc2CNC(=O)Cc2ccc(F)cc2)c1. The molecule has 0 fully saturated rings. The topological polar surface area (TPSA) is 84.5 Å². The normalized spacial score (nSPS) is 10.3. The Hall–Kier alpha value is -4.00. The summed E-state index contributed by atoms with van der Waals surface area (Å²) in [6, 6.07) is 19.1. The third-order valence-electron chi connectivity index (χ3n) is 4.38. The zero-order valence-corrected chi connectivity index (χ0v) is 16.9. The molecule has 3 rings (SSSR count). The molecule has 31 heavy (non-hydrogen) atoms. The highest BCUT2D eigenvalue weighted by Crippen LogP contribution is 2.19. The quantitative estimate of drug-likeness (QED) is 0.449. The average Bonchev–Trinajstić information content (AvgIpc) is 2.74. The van der Waals surface area contributed by atoms with E-state index in [-0.39, 0.29) is 36.3 Å². The third-order valence-corrected chi connectivity index (χ3v) is 4.38. The van der Waals surface area contributed by atoms with Crippen LogP contribution in [-0.2, 0) is 22.6 Å². The fraction of sp³-hybridized carbons (Fsp3) is 0.125. The summed E-state index contributed by atoms with van der Waals surface area (Å²) in [5.41, 5.74) is 2.30. The van der Waals surface area contributed by atoms with E-state index < -0.39 is 5.97 Å². The first-order valence-corrected chi connectivity index (χ1v) is 9.59. The van der Waals surface area contributed by atoms with Crippen molar-refractivity contribution in [2.24, 2.45) is 0 Å². The number of carbonyl (C=O) groups is 3. The van der Waals surface area contributed by atoms with E-state index >= 15 is 0 Å². The minimum atomic E-state index is -0.473. The number of ether oxygens (including phenoxy) is 1. The number of nitrogens with one attached hydrogen (secondary N) is 2. The number of hydrogen-bond donors (Lipinski definition) is 2. The van der Waals surface area contributed by atoms with E-state index in [1.54, 1.807) is 54.6 Å². The van der Waals surface area contributed by atoms with Crippen LogP contribution in [0.1, 0.15) is 28.4 Å². The minimum absolute atomic E-state index is 0.123. The van der Waals surface area contributed by atoms with Crippen molar-refractivity contribution in [2.75, 3.05) is 5.32 Å². The van der Waals surface area contributed by atoms with Gasteiger partial charge in [0.05, 0.1) is 6.42 Å². The van der Waals surface area contributed by atoms with Gasteiger partial charge in [0.2, 0.25) is 5.91 Å². The number of amides is 2. The summed E-state index contributed by atoms with van der Waals surface area (Å²) in [5, 5.41) is 5.62. The van der Waals surface area contributed by atoms with Crippen LogP contribution in [0.2, 0.25) is 0 Å². The lowest BCUT2D eigenvalue weighted by Crippen LogP contribution is -2.25. The molecule has 2 amide bonds. The van der Waals surface area contributed by atoms with Crippen molar-refractivity contribution in [2.45, 2.75) is 19.9 Å². The molecule has 158 valence electrons. The molecule has 0 bridgehead atoms. The smallest absolute Gasteiger partial charge is 0.308 e. The molecule has 0 unspecified atom stereocenters. The van der Waals surface area contributed by atoms with Crippen LogP contribution in [-0.4, -0.2) is 17.8 Å². The first-order valence-electron chi connectivity index (χ1n) is 9.59. The Balaban J connectivity index is 1.63. The van der Waals surface area contributed by atoms with Crippen LogP contribution in [0, 0.1) is 5.82 Å². The number of carbonyl (C=O) groups excluding carboxylic acids is 3. The second-order valence-corrected chi connectivity index (χ2v) is 6.81. The lowest BCUT2D eigenvalue weighted by molar-refractivity contribution is -0.131. The molecular formula is C24H21FN2O4. The van der Waals surface area contributed by atoms with Gasteiger partial charge < -0.3 is 15.4 Å². The molecule has 0 heterocycles. The third kappa shape index (κ3) is 6.50. The largest absolute Gasteiger partial charge is 0.427 e. The van der Waals surface area contributed by atoms with E-state index in [1.165, 1.54) is 25.1 Å². The maximum absolute atomic E-state index is 13.0. The van der Waals surface area contributed by atoms with Gasteiger partial charge in [-0.2, -0.15) is 0 Å². The van der Waals surface area contributed by atoms with Crippen molar-refractivity contribution in [3.8, 4) is 5.75 Å². The molecule has 0 spiro atoms. The van der Waals surface area contributed by atoms with Crippen LogP contribution < -0.4 is 15.4 Å². The Morgan fingerprint density at radius 1 is 0.935 bits per heavy atom. The predicted octanol–water partition coefficient (Wildman–Crippen LogP) is 3.86. The van der Waals surface area contributed by atoms with Crippen molar-refractivity contribution in [1.82, 2.24) is 5.32 Å². The number of anilines is 1. The Kier molecular flexibility index (Phi) is 7.11. The summed E-state index contributed by atoms with van der Waals surface area (Å²) in [6.07, 6.45) is 0.123. The number of benzene rings is 3. The number of para-hydroxylation sites is 1. The van der Waals surface area contributed by atoms with Gasteiger partial charge in [-0.3, -0.25) is 14.4 Å². The van der Waals surface area contributed by atoms with E-state index in [4.69, 9.17) is 4.74 Å². The lowest BCUT2D eigenvalue weighted by atomic mass is 10.1. The maximum Gasteiger partial charge on any atom is 0.308 e.